The van der Waals surface area contributed by atoms with Gasteiger partial charge in [0.25, 0.3) is 0 Å². The van der Waals surface area contributed by atoms with Crippen molar-refractivity contribution in [2.24, 2.45) is 0 Å². The van der Waals surface area contributed by atoms with Crippen LogP contribution in [0.15, 0.2) is 48.5 Å². The second-order valence-electron chi connectivity index (χ2n) is 4.54. The molecule has 2 rings (SSSR count). The molecule has 0 atom stereocenters. The second kappa shape index (κ2) is 8.26. The minimum atomic E-state index is -0.544. The number of methoxy groups -OCH3 is 2. The Morgan fingerprint density at radius 3 is 1.76 bits per heavy atom. The number of ether oxygens (including phenoxy) is 2. The quantitative estimate of drug-likeness (QED) is 0.571. The first-order chi connectivity index (χ1) is 10.3. The third kappa shape index (κ3) is 3.90. The predicted molar refractivity (Wildman–Crippen MR) is 92.4 cm³/mol. The van der Waals surface area contributed by atoms with E-state index >= 15 is 0 Å². The maximum Gasteiger partial charge on any atom is 0.126 e. The number of rotatable bonds is 7. The summed E-state index contributed by atoms with van der Waals surface area (Å²) in [7, 11) is 2.89. The van der Waals surface area contributed by atoms with E-state index < -0.39 is 7.92 Å². The summed E-state index contributed by atoms with van der Waals surface area (Å²) in [5, 5.41) is 2.48. The Morgan fingerprint density at radius 2 is 1.33 bits per heavy atom. The van der Waals surface area contributed by atoms with Gasteiger partial charge in [-0.25, -0.2) is 0 Å². The maximum absolute atomic E-state index is 5.92. The molecule has 0 saturated heterocycles. The highest BCUT2D eigenvalue weighted by atomic mass is 35.5. The van der Waals surface area contributed by atoms with Gasteiger partial charge in [-0.15, -0.1) is 11.6 Å². The molecular weight excluding hydrogens is 303 g/mol. The van der Waals surface area contributed by atoms with Crippen LogP contribution in [-0.4, -0.2) is 26.3 Å². The standard InChI is InChI=1S/C17H20ClO2P/c1-19-14-8-3-5-10-16(14)21(13-7-12-18)17-11-6-4-9-15(17)20-2/h3-6,8-11H,7,12-13H2,1-2H3. The van der Waals surface area contributed by atoms with Gasteiger partial charge in [0.05, 0.1) is 14.2 Å². The number of benzene rings is 2. The maximum atomic E-state index is 5.92. The zero-order chi connectivity index (χ0) is 15.1. The first-order valence-corrected chi connectivity index (χ1v) is 8.97. The van der Waals surface area contributed by atoms with Crippen LogP contribution in [0.4, 0.5) is 0 Å². The molecule has 4 heteroatoms. The SMILES string of the molecule is COc1ccccc1P(CCCCl)c1ccccc1OC. The summed E-state index contributed by atoms with van der Waals surface area (Å²) in [6.07, 6.45) is 2.00. The third-order valence-electron chi connectivity index (χ3n) is 3.27. The van der Waals surface area contributed by atoms with Crippen LogP contribution in [0, 0.1) is 0 Å². The fourth-order valence-electron chi connectivity index (χ4n) is 2.29. The highest BCUT2D eigenvalue weighted by Crippen LogP contribution is 2.40. The van der Waals surface area contributed by atoms with Gasteiger partial charge in [0.1, 0.15) is 11.5 Å². The van der Waals surface area contributed by atoms with Crippen molar-refractivity contribution in [2.75, 3.05) is 26.3 Å². The first-order valence-electron chi connectivity index (χ1n) is 6.91. The molecule has 0 amide bonds. The van der Waals surface area contributed by atoms with Gasteiger partial charge in [0.2, 0.25) is 0 Å². The molecule has 0 aliphatic carbocycles. The third-order valence-corrected chi connectivity index (χ3v) is 6.20. The Kier molecular flexibility index (Phi) is 6.35. The normalized spacial score (nSPS) is 10.7. The zero-order valence-corrected chi connectivity index (χ0v) is 14.0. The van der Waals surface area contributed by atoms with Crippen LogP contribution in [0.2, 0.25) is 0 Å². The lowest BCUT2D eigenvalue weighted by Crippen LogP contribution is -2.18. The van der Waals surface area contributed by atoms with Crippen LogP contribution in [0.1, 0.15) is 6.42 Å². The Bertz CT molecular complexity index is 527. The van der Waals surface area contributed by atoms with Crippen LogP contribution >= 0.6 is 19.5 Å². The molecule has 0 radical (unpaired) electrons. The summed E-state index contributed by atoms with van der Waals surface area (Å²) in [4.78, 5) is 0. The van der Waals surface area contributed by atoms with Gasteiger partial charge in [0.15, 0.2) is 0 Å². The smallest absolute Gasteiger partial charge is 0.126 e. The lowest BCUT2D eigenvalue weighted by molar-refractivity contribution is 0.417. The van der Waals surface area contributed by atoms with E-state index in [0.29, 0.717) is 5.88 Å². The highest BCUT2D eigenvalue weighted by molar-refractivity contribution is 7.73. The van der Waals surface area contributed by atoms with Crippen molar-refractivity contribution in [3.63, 3.8) is 0 Å². The minimum absolute atomic E-state index is 0.544. The summed E-state index contributed by atoms with van der Waals surface area (Å²) in [5.41, 5.74) is 0. The number of hydrogen-bond acceptors (Lipinski definition) is 2. The van der Waals surface area contributed by atoms with Crippen LogP contribution in [-0.2, 0) is 0 Å². The molecule has 0 heterocycles. The molecule has 112 valence electrons. The molecule has 21 heavy (non-hydrogen) atoms. The van der Waals surface area contributed by atoms with E-state index in [0.717, 1.165) is 24.1 Å². The number of alkyl halides is 1. The molecule has 2 aromatic carbocycles. The first kappa shape index (κ1) is 16.1. The van der Waals surface area contributed by atoms with E-state index in [1.54, 1.807) is 14.2 Å². The van der Waals surface area contributed by atoms with E-state index in [1.807, 2.05) is 24.3 Å². The van der Waals surface area contributed by atoms with Gasteiger partial charge in [-0.2, -0.15) is 0 Å². The lowest BCUT2D eigenvalue weighted by atomic mass is 10.3. The molecule has 0 aliphatic heterocycles. The molecule has 0 N–H and O–H groups in total. The van der Waals surface area contributed by atoms with Crippen LogP contribution in [0.25, 0.3) is 0 Å². The van der Waals surface area contributed by atoms with E-state index in [4.69, 9.17) is 21.1 Å². The number of hydrogen-bond donors (Lipinski definition) is 0. The Labute approximate surface area is 132 Å². The van der Waals surface area contributed by atoms with Crippen molar-refractivity contribution in [1.29, 1.82) is 0 Å². The van der Waals surface area contributed by atoms with Gasteiger partial charge in [-0.1, -0.05) is 36.4 Å². The van der Waals surface area contributed by atoms with Crippen molar-refractivity contribution in [2.45, 2.75) is 6.42 Å². The van der Waals surface area contributed by atoms with E-state index in [9.17, 15) is 0 Å². The van der Waals surface area contributed by atoms with Crippen molar-refractivity contribution in [3.05, 3.63) is 48.5 Å². The highest BCUT2D eigenvalue weighted by Gasteiger charge is 2.20. The van der Waals surface area contributed by atoms with Crippen molar-refractivity contribution in [3.8, 4) is 11.5 Å². The Hall–Kier alpha value is -1.24. The summed E-state index contributed by atoms with van der Waals surface area (Å²) in [6, 6.07) is 16.4. The molecule has 0 unspecified atom stereocenters. The van der Waals surface area contributed by atoms with Gasteiger partial charge in [-0.05, 0) is 32.6 Å². The number of halogens is 1. The molecule has 0 bridgehead atoms. The van der Waals surface area contributed by atoms with Gasteiger partial charge in [0, 0.05) is 16.5 Å². The molecule has 0 saturated carbocycles. The lowest BCUT2D eigenvalue weighted by Gasteiger charge is -2.22. The topological polar surface area (TPSA) is 18.5 Å². The molecule has 2 aromatic rings. The summed E-state index contributed by atoms with van der Waals surface area (Å²) in [5.74, 6) is 2.54. The zero-order valence-electron chi connectivity index (χ0n) is 12.4. The monoisotopic (exact) mass is 322 g/mol. The van der Waals surface area contributed by atoms with Crippen molar-refractivity contribution < 1.29 is 9.47 Å². The van der Waals surface area contributed by atoms with E-state index in [1.165, 1.54) is 10.6 Å². The Balaban J connectivity index is 2.47. The summed E-state index contributed by atoms with van der Waals surface area (Å²) < 4.78 is 11.1. The summed E-state index contributed by atoms with van der Waals surface area (Å²) in [6.45, 7) is 0. The van der Waals surface area contributed by atoms with Crippen LogP contribution in [0.5, 0.6) is 11.5 Å². The van der Waals surface area contributed by atoms with Gasteiger partial charge < -0.3 is 9.47 Å². The molecular formula is C17H20ClO2P. The average molecular weight is 323 g/mol. The molecule has 0 fully saturated rings. The average Bonchev–Trinajstić information content (AvgIpc) is 2.56. The van der Waals surface area contributed by atoms with E-state index in [-0.39, 0.29) is 0 Å². The molecule has 0 spiro atoms. The second-order valence-corrected chi connectivity index (χ2v) is 7.18. The predicted octanol–water partition coefficient (Wildman–Crippen LogP) is 3.77. The van der Waals surface area contributed by atoms with Crippen molar-refractivity contribution >= 4 is 30.1 Å². The Morgan fingerprint density at radius 1 is 0.857 bits per heavy atom. The van der Waals surface area contributed by atoms with Crippen molar-refractivity contribution in [1.82, 2.24) is 0 Å². The van der Waals surface area contributed by atoms with Gasteiger partial charge in [-0.3, -0.25) is 0 Å². The largest absolute Gasteiger partial charge is 0.496 e. The van der Waals surface area contributed by atoms with Crippen LogP contribution < -0.4 is 20.1 Å². The molecule has 0 aromatic heterocycles. The van der Waals surface area contributed by atoms with E-state index in [2.05, 4.69) is 24.3 Å². The molecule has 0 aliphatic rings. The molecule has 2 nitrogen and oxygen atoms in total. The van der Waals surface area contributed by atoms with Gasteiger partial charge >= 0.3 is 0 Å². The fraction of sp³-hybridized carbons (Fsp3) is 0.294. The van der Waals surface area contributed by atoms with Crippen LogP contribution in [0.3, 0.4) is 0 Å². The summed E-state index contributed by atoms with van der Waals surface area (Å²) >= 11 is 5.92. The fourth-order valence-corrected chi connectivity index (χ4v) is 5.23. The minimum Gasteiger partial charge on any atom is -0.496 e. The number of para-hydroxylation sites is 2.